The van der Waals surface area contributed by atoms with Crippen LogP contribution in [0.2, 0.25) is 0 Å². The Kier molecular flexibility index (Phi) is 3.56. The van der Waals surface area contributed by atoms with Crippen LogP contribution in [0, 0.1) is 0 Å². The van der Waals surface area contributed by atoms with Crippen LogP contribution in [0.4, 0.5) is 5.69 Å². The molecule has 19 heavy (non-hydrogen) atoms. The van der Waals surface area contributed by atoms with Gasteiger partial charge < -0.3 is 4.90 Å². The molecule has 102 valence electrons. The van der Waals surface area contributed by atoms with Crippen molar-refractivity contribution in [1.29, 1.82) is 0 Å². The SMILES string of the molecule is C[C@H]1C[C@@H](N2CCCCC2)C(=O)N1c1ccccc1. The molecule has 1 aromatic carbocycles. The van der Waals surface area contributed by atoms with Gasteiger partial charge in [-0.1, -0.05) is 24.6 Å². The fourth-order valence-corrected chi connectivity index (χ4v) is 3.41. The number of anilines is 1. The van der Waals surface area contributed by atoms with Gasteiger partial charge in [0.05, 0.1) is 6.04 Å². The van der Waals surface area contributed by atoms with Gasteiger partial charge in [0.25, 0.3) is 0 Å². The summed E-state index contributed by atoms with van der Waals surface area (Å²) in [6, 6.07) is 10.5. The van der Waals surface area contributed by atoms with E-state index in [9.17, 15) is 4.79 Å². The Hall–Kier alpha value is -1.35. The van der Waals surface area contributed by atoms with E-state index in [4.69, 9.17) is 0 Å². The molecule has 1 aromatic rings. The van der Waals surface area contributed by atoms with Gasteiger partial charge in [0.15, 0.2) is 0 Å². The third kappa shape index (κ3) is 2.39. The smallest absolute Gasteiger partial charge is 0.244 e. The topological polar surface area (TPSA) is 23.6 Å². The Labute approximate surface area is 115 Å². The van der Waals surface area contributed by atoms with Crippen LogP contribution in [0.5, 0.6) is 0 Å². The van der Waals surface area contributed by atoms with E-state index >= 15 is 0 Å². The molecule has 0 saturated carbocycles. The van der Waals surface area contributed by atoms with Gasteiger partial charge in [-0.3, -0.25) is 9.69 Å². The van der Waals surface area contributed by atoms with Crippen LogP contribution < -0.4 is 4.90 Å². The lowest BCUT2D eigenvalue weighted by atomic mass is 10.1. The van der Waals surface area contributed by atoms with E-state index < -0.39 is 0 Å². The maximum absolute atomic E-state index is 12.7. The second-order valence-corrected chi connectivity index (χ2v) is 5.74. The highest BCUT2D eigenvalue weighted by Crippen LogP contribution is 2.30. The number of nitrogens with zero attached hydrogens (tertiary/aromatic N) is 2. The van der Waals surface area contributed by atoms with Crippen molar-refractivity contribution < 1.29 is 4.79 Å². The average molecular weight is 258 g/mol. The molecule has 3 heteroatoms. The highest BCUT2D eigenvalue weighted by atomic mass is 16.2. The van der Waals surface area contributed by atoms with Crippen molar-refractivity contribution in [3.63, 3.8) is 0 Å². The van der Waals surface area contributed by atoms with Crippen molar-refractivity contribution in [2.24, 2.45) is 0 Å². The molecular weight excluding hydrogens is 236 g/mol. The molecule has 2 heterocycles. The van der Waals surface area contributed by atoms with Gasteiger partial charge in [-0.2, -0.15) is 0 Å². The van der Waals surface area contributed by atoms with Gasteiger partial charge in [-0.25, -0.2) is 0 Å². The van der Waals surface area contributed by atoms with Crippen LogP contribution in [0.25, 0.3) is 0 Å². The summed E-state index contributed by atoms with van der Waals surface area (Å²) in [6.07, 6.45) is 4.76. The second kappa shape index (κ2) is 5.33. The standard InChI is InChI=1S/C16H22N2O/c1-13-12-15(17-10-6-3-7-11-17)16(19)18(13)14-8-4-2-5-9-14/h2,4-5,8-9,13,15H,3,6-7,10-12H2,1H3/t13-,15+/m0/s1. The van der Waals surface area contributed by atoms with Crippen LogP contribution in [-0.4, -0.2) is 36.0 Å². The van der Waals surface area contributed by atoms with E-state index in [0.29, 0.717) is 11.9 Å². The number of carbonyl (C=O) groups excluding carboxylic acids is 1. The Balaban J connectivity index is 1.79. The minimum atomic E-state index is 0.107. The molecule has 2 aliphatic rings. The first-order valence-electron chi connectivity index (χ1n) is 7.39. The van der Waals surface area contributed by atoms with Crippen molar-refractivity contribution in [2.45, 2.75) is 44.7 Å². The van der Waals surface area contributed by atoms with Crippen molar-refractivity contribution in [3.8, 4) is 0 Å². The van der Waals surface area contributed by atoms with Gasteiger partial charge in [0.1, 0.15) is 0 Å². The van der Waals surface area contributed by atoms with Gasteiger partial charge in [0, 0.05) is 11.7 Å². The largest absolute Gasteiger partial charge is 0.308 e. The minimum Gasteiger partial charge on any atom is -0.308 e. The maximum atomic E-state index is 12.7. The molecule has 0 unspecified atom stereocenters. The minimum absolute atomic E-state index is 0.107. The summed E-state index contributed by atoms with van der Waals surface area (Å²) in [7, 11) is 0. The van der Waals surface area contributed by atoms with Crippen LogP contribution >= 0.6 is 0 Å². The maximum Gasteiger partial charge on any atom is 0.244 e. The number of carbonyl (C=O) groups is 1. The normalized spacial score (nSPS) is 28.9. The molecule has 2 fully saturated rings. The summed E-state index contributed by atoms with van der Waals surface area (Å²) in [4.78, 5) is 17.1. The number of hydrogen-bond donors (Lipinski definition) is 0. The molecule has 0 N–H and O–H groups in total. The van der Waals surface area contributed by atoms with Crippen molar-refractivity contribution in [3.05, 3.63) is 30.3 Å². The van der Waals surface area contributed by atoms with E-state index in [1.165, 1.54) is 19.3 Å². The van der Waals surface area contributed by atoms with E-state index in [1.807, 2.05) is 35.2 Å². The summed E-state index contributed by atoms with van der Waals surface area (Å²) in [5.41, 5.74) is 1.04. The molecule has 0 aromatic heterocycles. The number of para-hydroxylation sites is 1. The molecule has 0 bridgehead atoms. The van der Waals surface area contributed by atoms with Crippen molar-refractivity contribution >= 4 is 11.6 Å². The third-order valence-corrected chi connectivity index (χ3v) is 4.39. The number of amides is 1. The van der Waals surface area contributed by atoms with E-state index in [0.717, 1.165) is 25.2 Å². The first-order valence-corrected chi connectivity index (χ1v) is 7.39. The lowest BCUT2D eigenvalue weighted by molar-refractivity contribution is -0.122. The predicted molar refractivity (Wildman–Crippen MR) is 77.2 cm³/mol. The van der Waals surface area contributed by atoms with Gasteiger partial charge in [-0.05, 0) is 51.4 Å². The average Bonchev–Trinajstić information content (AvgIpc) is 2.76. The lowest BCUT2D eigenvalue weighted by Gasteiger charge is -2.31. The Bertz CT molecular complexity index is 439. The monoisotopic (exact) mass is 258 g/mol. The fraction of sp³-hybridized carbons (Fsp3) is 0.562. The highest BCUT2D eigenvalue weighted by molar-refractivity contribution is 6.00. The molecular formula is C16H22N2O. The molecule has 3 nitrogen and oxygen atoms in total. The first-order chi connectivity index (χ1) is 9.27. The molecule has 0 radical (unpaired) electrons. The molecule has 0 spiro atoms. The van der Waals surface area contributed by atoms with E-state index in [2.05, 4.69) is 11.8 Å². The number of rotatable bonds is 2. The summed E-state index contributed by atoms with van der Waals surface area (Å²) >= 11 is 0. The first kappa shape index (κ1) is 12.7. The summed E-state index contributed by atoms with van der Waals surface area (Å²) < 4.78 is 0. The van der Waals surface area contributed by atoms with Gasteiger partial charge in [-0.15, -0.1) is 0 Å². The molecule has 2 atom stereocenters. The molecule has 2 aliphatic heterocycles. The Morgan fingerprint density at radius 1 is 1.05 bits per heavy atom. The number of likely N-dealkylation sites (tertiary alicyclic amines) is 1. The summed E-state index contributed by atoms with van der Waals surface area (Å²) in [5.74, 6) is 0.292. The van der Waals surface area contributed by atoms with Crippen LogP contribution in [0.3, 0.4) is 0 Å². The summed E-state index contributed by atoms with van der Waals surface area (Å²) in [5, 5.41) is 0. The highest BCUT2D eigenvalue weighted by Gasteiger charge is 2.41. The second-order valence-electron chi connectivity index (χ2n) is 5.74. The predicted octanol–water partition coefficient (Wildman–Crippen LogP) is 2.67. The number of hydrogen-bond acceptors (Lipinski definition) is 2. The Morgan fingerprint density at radius 3 is 2.42 bits per heavy atom. The molecule has 3 rings (SSSR count). The fourth-order valence-electron chi connectivity index (χ4n) is 3.41. The quantitative estimate of drug-likeness (QED) is 0.814. The molecule has 2 saturated heterocycles. The number of benzene rings is 1. The van der Waals surface area contributed by atoms with Crippen molar-refractivity contribution in [2.75, 3.05) is 18.0 Å². The number of piperidine rings is 1. The van der Waals surface area contributed by atoms with E-state index in [1.54, 1.807) is 0 Å². The van der Waals surface area contributed by atoms with Crippen molar-refractivity contribution in [1.82, 2.24) is 4.90 Å². The molecule has 0 aliphatic carbocycles. The van der Waals surface area contributed by atoms with E-state index in [-0.39, 0.29) is 6.04 Å². The Morgan fingerprint density at radius 2 is 1.74 bits per heavy atom. The molecule has 1 amide bonds. The third-order valence-electron chi connectivity index (χ3n) is 4.39. The van der Waals surface area contributed by atoms with Crippen LogP contribution in [0.15, 0.2) is 30.3 Å². The summed E-state index contributed by atoms with van der Waals surface area (Å²) in [6.45, 7) is 4.34. The van der Waals surface area contributed by atoms with Gasteiger partial charge >= 0.3 is 0 Å². The van der Waals surface area contributed by atoms with Crippen LogP contribution in [-0.2, 0) is 4.79 Å². The van der Waals surface area contributed by atoms with Crippen LogP contribution in [0.1, 0.15) is 32.6 Å². The zero-order chi connectivity index (χ0) is 13.2. The lowest BCUT2D eigenvalue weighted by Crippen LogP contribution is -2.44. The zero-order valence-electron chi connectivity index (χ0n) is 11.6. The van der Waals surface area contributed by atoms with Gasteiger partial charge in [0.2, 0.25) is 5.91 Å². The zero-order valence-corrected chi connectivity index (χ0v) is 11.6.